The fraction of sp³-hybridized carbons (Fsp3) is 0.667. The highest BCUT2D eigenvalue weighted by Crippen LogP contribution is 2.08. The normalized spacial score (nSPS) is 34.0. The third-order valence-electron chi connectivity index (χ3n) is 0.832. The Bertz CT molecular complexity index is 71.3. The van der Waals surface area contributed by atoms with Gasteiger partial charge in [0.15, 0.2) is 0 Å². The van der Waals surface area contributed by atoms with Gasteiger partial charge in [0.05, 0.1) is 6.04 Å². The van der Waals surface area contributed by atoms with Crippen molar-refractivity contribution in [2.75, 3.05) is 6.16 Å². The van der Waals surface area contributed by atoms with E-state index in [0.717, 1.165) is 12.4 Å². The molecule has 0 bridgehead atoms. The second-order valence-electron chi connectivity index (χ2n) is 1.39. The van der Waals surface area contributed by atoms with E-state index in [1.807, 2.05) is 0 Å². The predicted octanol–water partition coefficient (Wildman–Crippen LogP) is -0.745. The van der Waals surface area contributed by atoms with Crippen molar-refractivity contribution in [1.82, 2.24) is 10.6 Å². The van der Waals surface area contributed by atoms with Gasteiger partial charge in [0.25, 0.3) is 0 Å². The van der Waals surface area contributed by atoms with Crippen LogP contribution in [0.25, 0.3) is 0 Å². The zero-order chi connectivity index (χ0) is 5.11. The van der Waals surface area contributed by atoms with E-state index >= 15 is 0 Å². The van der Waals surface area contributed by atoms with E-state index in [0.29, 0.717) is 8.73 Å². The van der Waals surface area contributed by atoms with Gasteiger partial charge in [-0.2, -0.15) is 0 Å². The minimum Gasteiger partial charge on any atom is -0.302 e. The summed E-state index contributed by atoms with van der Waals surface area (Å²) in [6.07, 6.45) is 1.87. The Morgan fingerprint density at radius 1 is 1.86 bits per heavy atom. The van der Waals surface area contributed by atoms with E-state index in [2.05, 4.69) is 10.6 Å². The molecule has 2 N–H and O–H groups in total. The van der Waals surface area contributed by atoms with Gasteiger partial charge in [-0.15, -0.1) is 0 Å². The summed E-state index contributed by atoms with van der Waals surface area (Å²) < 4.78 is 0. The van der Waals surface area contributed by atoms with E-state index in [-0.39, 0.29) is 6.04 Å². The Hall–Kier alpha value is 0.0200. The monoisotopic (exact) mass is 118 g/mol. The van der Waals surface area contributed by atoms with Gasteiger partial charge in [-0.25, -0.2) is 10.6 Å². The van der Waals surface area contributed by atoms with Crippen LogP contribution >= 0.6 is 8.73 Å². The van der Waals surface area contributed by atoms with Gasteiger partial charge in [-0.3, -0.25) is 0 Å². The Balaban J connectivity index is 2.26. The smallest absolute Gasteiger partial charge is 0.138 e. The van der Waals surface area contributed by atoms with Crippen LogP contribution in [0.5, 0.6) is 0 Å². The standard InChI is InChI=1S/C3H7N2OP/c6-1-3-2-7-5-4-3/h1,3-5,7H,2H2. The van der Waals surface area contributed by atoms with Gasteiger partial charge in [-0.05, 0) is 8.73 Å². The van der Waals surface area contributed by atoms with Crippen LogP contribution in [0, 0.1) is 0 Å². The molecule has 0 aromatic rings. The van der Waals surface area contributed by atoms with Crippen molar-refractivity contribution in [1.29, 1.82) is 0 Å². The lowest BCUT2D eigenvalue weighted by molar-refractivity contribution is -0.109. The Labute approximate surface area is 43.7 Å². The fourth-order valence-corrected chi connectivity index (χ4v) is 1.25. The number of rotatable bonds is 1. The molecule has 0 aliphatic carbocycles. The van der Waals surface area contributed by atoms with Gasteiger partial charge in [-0.1, -0.05) is 0 Å². The minimum atomic E-state index is 0.0679. The molecule has 0 saturated carbocycles. The van der Waals surface area contributed by atoms with Gasteiger partial charge < -0.3 is 4.79 Å². The van der Waals surface area contributed by atoms with Crippen molar-refractivity contribution in [3.63, 3.8) is 0 Å². The first-order valence-electron chi connectivity index (χ1n) is 2.12. The van der Waals surface area contributed by atoms with Crippen LogP contribution in [0.15, 0.2) is 0 Å². The number of aldehydes is 1. The van der Waals surface area contributed by atoms with Gasteiger partial charge in [0, 0.05) is 6.16 Å². The van der Waals surface area contributed by atoms with E-state index in [1.165, 1.54) is 0 Å². The molecule has 40 valence electrons. The van der Waals surface area contributed by atoms with Crippen LogP contribution in [0.4, 0.5) is 0 Å². The molecule has 2 atom stereocenters. The van der Waals surface area contributed by atoms with Crippen LogP contribution in [0.1, 0.15) is 0 Å². The highest BCUT2D eigenvalue weighted by molar-refractivity contribution is 7.36. The number of carbonyl (C=O) groups is 1. The molecule has 0 aromatic heterocycles. The van der Waals surface area contributed by atoms with Crippen molar-refractivity contribution in [2.24, 2.45) is 0 Å². The lowest BCUT2D eigenvalue weighted by atomic mass is 10.4. The number of carbonyl (C=O) groups excluding carboxylic acids is 1. The van der Waals surface area contributed by atoms with E-state index in [1.54, 1.807) is 0 Å². The van der Waals surface area contributed by atoms with Crippen molar-refractivity contribution >= 4 is 15.0 Å². The number of hydrogen-bond acceptors (Lipinski definition) is 3. The van der Waals surface area contributed by atoms with E-state index in [4.69, 9.17) is 0 Å². The molecule has 0 spiro atoms. The lowest BCUT2D eigenvalue weighted by Crippen LogP contribution is -2.30. The SMILES string of the molecule is O=CC1CPNN1. The largest absolute Gasteiger partial charge is 0.302 e. The summed E-state index contributed by atoms with van der Waals surface area (Å²) in [5.41, 5.74) is 2.80. The van der Waals surface area contributed by atoms with E-state index in [9.17, 15) is 4.79 Å². The lowest BCUT2D eigenvalue weighted by Gasteiger charge is -1.92. The van der Waals surface area contributed by atoms with Crippen molar-refractivity contribution in [3.8, 4) is 0 Å². The molecule has 1 heterocycles. The van der Waals surface area contributed by atoms with Crippen LogP contribution < -0.4 is 10.6 Å². The summed E-state index contributed by atoms with van der Waals surface area (Å²) in [4.78, 5) is 9.91. The minimum absolute atomic E-state index is 0.0679. The van der Waals surface area contributed by atoms with Crippen molar-refractivity contribution in [3.05, 3.63) is 0 Å². The van der Waals surface area contributed by atoms with Gasteiger partial charge in [0.2, 0.25) is 0 Å². The maximum absolute atomic E-state index is 9.91. The average molecular weight is 118 g/mol. The molecular formula is C3H7N2OP. The summed E-state index contributed by atoms with van der Waals surface area (Å²) in [5, 5.41) is 2.87. The number of hydrazine groups is 1. The van der Waals surface area contributed by atoms with Crippen LogP contribution in [-0.4, -0.2) is 18.5 Å². The zero-order valence-electron chi connectivity index (χ0n) is 3.77. The highest BCUT2D eigenvalue weighted by atomic mass is 31.1. The number of hydrogen-bond donors (Lipinski definition) is 2. The molecule has 7 heavy (non-hydrogen) atoms. The average Bonchev–Trinajstić information content (AvgIpc) is 2.14. The highest BCUT2D eigenvalue weighted by Gasteiger charge is 2.10. The van der Waals surface area contributed by atoms with Crippen LogP contribution in [-0.2, 0) is 4.79 Å². The molecule has 1 saturated heterocycles. The molecule has 0 radical (unpaired) electrons. The molecule has 1 rings (SSSR count). The summed E-state index contributed by atoms with van der Waals surface area (Å²) in [6.45, 7) is 0. The summed E-state index contributed by atoms with van der Waals surface area (Å²) >= 11 is 0. The Kier molecular flexibility index (Phi) is 1.74. The van der Waals surface area contributed by atoms with Crippen LogP contribution in [0.2, 0.25) is 0 Å². The first-order valence-corrected chi connectivity index (χ1v) is 3.33. The second kappa shape index (κ2) is 2.36. The predicted molar refractivity (Wildman–Crippen MR) is 29.3 cm³/mol. The quantitative estimate of drug-likeness (QED) is 0.352. The topological polar surface area (TPSA) is 41.1 Å². The molecule has 1 aliphatic rings. The molecule has 1 aliphatic heterocycles. The Morgan fingerprint density at radius 2 is 2.71 bits per heavy atom. The van der Waals surface area contributed by atoms with Crippen molar-refractivity contribution in [2.45, 2.75) is 6.04 Å². The fourth-order valence-electron chi connectivity index (χ4n) is 0.438. The van der Waals surface area contributed by atoms with Crippen molar-refractivity contribution < 1.29 is 4.79 Å². The zero-order valence-corrected chi connectivity index (χ0v) is 4.77. The first-order chi connectivity index (χ1) is 3.43. The molecule has 2 unspecified atom stereocenters. The van der Waals surface area contributed by atoms with Gasteiger partial charge in [0.1, 0.15) is 6.29 Å². The third-order valence-corrected chi connectivity index (χ3v) is 1.80. The van der Waals surface area contributed by atoms with Crippen LogP contribution in [0.3, 0.4) is 0 Å². The van der Waals surface area contributed by atoms with E-state index < -0.39 is 0 Å². The first kappa shape index (κ1) is 5.16. The molecule has 0 amide bonds. The molecule has 0 aromatic carbocycles. The maximum atomic E-state index is 9.91. The second-order valence-corrected chi connectivity index (χ2v) is 2.40. The molecule has 1 fully saturated rings. The Morgan fingerprint density at radius 3 is 3.00 bits per heavy atom. The third kappa shape index (κ3) is 1.20. The summed E-state index contributed by atoms with van der Waals surface area (Å²) in [7, 11) is 0.703. The molecular weight excluding hydrogens is 111 g/mol. The summed E-state index contributed by atoms with van der Waals surface area (Å²) in [5.74, 6) is 0. The van der Waals surface area contributed by atoms with Gasteiger partial charge >= 0.3 is 0 Å². The number of nitrogens with one attached hydrogen (secondary N) is 2. The molecule has 4 heteroatoms. The maximum Gasteiger partial charge on any atom is 0.138 e. The molecule has 3 nitrogen and oxygen atoms in total. The summed E-state index contributed by atoms with van der Waals surface area (Å²) in [6, 6.07) is 0.0679.